The third kappa shape index (κ3) is 4.15. The second kappa shape index (κ2) is 5.41. The molecule has 0 saturated carbocycles. The molecule has 0 aliphatic carbocycles. The molecule has 0 aromatic carbocycles. The first-order chi connectivity index (χ1) is 6.58. The third-order valence-electron chi connectivity index (χ3n) is 2.09. The van der Waals surface area contributed by atoms with Crippen molar-refractivity contribution < 1.29 is 9.00 Å². The Hall–Kier alpha value is -0.490. The van der Waals surface area contributed by atoms with Crippen molar-refractivity contribution in [1.29, 1.82) is 0 Å². The van der Waals surface area contributed by atoms with Crippen LogP contribution in [-0.4, -0.2) is 32.7 Å². The van der Waals surface area contributed by atoms with Crippen LogP contribution in [0, 0.1) is 0 Å². The van der Waals surface area contributed by atoms with Crippen LogP contribution in [0.25, 0.3) is 0 Å². The number of hydrogen-bond donors (Lipinski definition) is 2. The molecule has 1 heterocycles. The van der Waals surface area contributed by atoms with Crippen LogP contribution in [0.5, 0.6) is 0 Å². The molecule has 1 saturated heterocycles. The zero-order valence-corrected chi connectivity index (χ0v) is 9.46. The third-order valence-corrected chi connectivity index (χ3v) is 3.61. The number of nitrogens with one attached hydrogen (secondary N) is 1. The first-order valence-electron chi connectivity index (χ1n) is 4.50. The van der Waals surface area contributed by atoms with Crippen LogP contribution in [0.1, 0.15) is 19.3 Å². The Morgan fingerprint density at radius 3 is 2.57 bits per heavy atom. The number of hydrogen-bond acceptors (Lipinski definition) is 3. The van der Waals surface area contributed by atoms with Gasteiger partial charge in [0, 0.05) is 28.3 Å². The van der Waals surface area contributed by atoms with E-state index in [2.05, 4.69) is 17.5 Å². The SMILES string of the molecule is NC(=S)CC(=O)NC1CCS(=O)CC1. The summed E-state index contributed by atoms with van der Waals surface area (Å²) in [6.45, 7) is 0. The Labute approximate surface area is 91.1 Å². The molecule has 1 fully saturated rings. The molecule has 1 rings (SSSR count). The number of nitrogens with two attached hydrogens (primary N) is 1. The van der Waals surface area contributed by atoms with E-state index in [-0.39, 0.29) is 23.4 Å². The van der Waals surface area contributed by atoms with Crippen molar-refractivity contribution in [2.24, 2.45) is 5.73 Å². The highest BCUT2D eigenvalue weighted by molar-refractivity contribution is 7.85. The lowest BCUT2D eigenvalue weighted by Crippen LogP contribution is -2.40. The van der Waals surface area contributed by atoms with E-state index in [4.69, 9.17) is 5.73 Å². The first kappa shape index (κ1) is 11.6. The van der Waals surface area contributed by atoms with E-state index in [0.29, 0.717) is 11.5 Å². The largest absolute Gasteiger partial charge is 0.393 e. The Morgan fingerprint density at radius 1 is 1.50 bits per heavy atom. The second-order valence-corrected chi connectivity index (χ2v) is 5.55. The quantitative estimate of drug-likeness (QED) is 0.657. The highest BCUT2D eigenvalue weighted by Crippen LogP contribution is 2.08. The average Bonchev–Trinajstić information content (AvgIpc) is 2.07. The highest BCUT2D eigenvalue weighted by atomic mass is 32.2. The zero-order chi connectivity index (χ0) is 10.6. The topological polar surface area (TPSA) is 72.2 Å². The van der Waals surface area contributed by atoms with Crippen LogP contribution in [-0.2, 0) is 15.6 Å². The van der Waals surface area contributed by atoms with Gasteiger partial charge < -0.3 is 11.1 Å². The van der Waals surface area contributed by atoms with Gasteiger partial charge in [0.25, 0.3) is 0 Å². The molecule has 0 aromatic rings. The minimum absolute atomic E-state index is 0.106. The van der Waals surface area contributed by atoms with Crippen LogP contribution < -0.4 is 11.1 Å². The number of rotatable bonds is 3. The van der Waals surface area contributed by atoms with Gasteiger partial charge in [-0.25, -0.2) is 0 Å². The number of carbonyl (C=O) groups excluding carboxylic acids is 1. The zero-order valence-electron chi connectivity index (χ0n) is 7.82. The van der Waals surface area contributed by atoms with Crippen molar-refractivity contribution in [3.05, 3.63) is 0 Å². The maximum atomic E-state index is 11.2. The molecule has 1 amide bonds. The van der Waals surface area contributed by atoms with E-state index in [1.54, 1.807) is 0 Å². The summed E-state index contributed by atoms with van der Waals surface area (Å²) in [5.74, 6) is 1.23. The van der Waals surface area contributed by atoms with E-state index >= 15 is 0 Å². The molecule has 80 valence electrons. The van der Waals surface area contributed by atoms with Crippen LogP contribution in [0.2, 0.25) is 0 Å². The van der Waals surface area contributed by atoms with Gasteiger partial charge in [0.05, 0.1) is 11.4 Å². The maximum absolute atomic E-state index is 11.2. The van der Waals surface area contributed by atoms with Gasteiger partial charge in [-0.2, -0.15) is 0 Å². The first-order valence-corrected chi connectivity index (χ1v) is 6.40. The Bertz CT molecular complexity index is 258. The van der Waals surface area contributed by atoms with Gasteiger partial charge in [-0.3, -0.25) is 9.00 Å². The summed E-state index contributed by atoms with van der Waals surface area (Å²) in [7, 11) is -0.688. The summed E-state index contributed by atoms with van der Waals surface area (Å²) >= 11 is 4.63. The van der Waals surface area contributed by atoms with Crippen molar-refractivity contribution in [1.82, 2.24) is 5.32 Å². The van der Waals surface area contributed by atoms with Crippen molar-refractivity contribution in [2.75, 3.05) is 11.5 Å². The standard InChI is InChI=1S/C8H14N2O2S2/c9-7(13)5-8(11)10-6-1-3-14(12)4-2-6/h6H,1-5H2,(H2,9,13)(H,10,11). The van der Waals surface area contributed by atoms with Gasteiger partial charge in [0.1, 0.15) is 0 Å². The van der Waals surface area contributed by atoms with Gasteiger partial charge in [-0.1, -0.05) is 12.2 Å². The number of thiocarbonyl (C=S) groups is 1. The van der Waals surface area contributed by atoms with Crippen LogP contribution in [0.15, 0.2) is 0 Å². The van der Waals surface area contributed by atoms with Crippen molar-refractivity contribution in [2.45, 2.75) is 25.3 Å². The van der Waals surface area contributed by atoms with Gasteiger partial charge in [0.2, 0.25) is 5.91 Å². The van der Waals surface area contributed by atoms with E-state index < -0.39 is 10.8 Å². The summed E-state index contributed by atoms with van der Waals surface area (Å²) in [6.07, 6.45) is 1.68. The van der Waals surface area contributed by atoms with E-state index in [1.165, 1.54) is 0 Å². The maximum Gasteiger partial charge on any atom is 0.227 e. The normalized spacial score (nSPS) is 26.9. The predicted molar refractivity (Wildman–Crippen MR) is 60.4 cm³/mol. The molecular weight excluding hydrogens is 220 g/mol. The van der Waals surface area contributed by atoms with Gasteiger partial charge >= 0.3 is 0 Å². The minimum Gasteiger partial charge on any atom is -0.393 e. The van der Waals surface area contributed by atoms with E-state index in [1.807, 2.05) is 0 Å². The van der Waals surface area contributed by atoms with Crippen LogP contribution in [0.3, 0.4) is 0 Å². The molecule has 1 aliphatic heterocycles. The van der Waals surface area contributed by atoms with Crippen molar-refractivity contribution in [3.8, 4) is 0 Å². The Balaban J connectivity index is 2.27. The fourth-order valence-corrected chi connectivity index (χ4v) is 2.81. The van der Waals surface area contributed by atoms with E-state index in [0.717, 1.165) is 12.8 Å². The molecule has 0 radical (unpaired) electrons. The van der Waals surface area contributed by atoms with Gasteiger partial charge in [-0.15, -0.1) is 0 Å². The lowest BCUT2D eigenvalue weighted by atomic mass is 10.1. The van der Waals surface area contributed by atoms with Crippen molar-refractivity contribution >= 4 is 33.9 Å². The summed E-state index contributed by atoms with van der Waals surface area (Å²) in [5, 5.41) is 2.83. The average molecular weight is 234 g/mol. The van der Waals surface area contributed by atoms with E-state index in [9.17, 15) is 9.00 Å². The second-order valence-electron chi connectivity index (χ2n) is 3.33. The predicted octanol–water partition coefficient (Wildman–Crippen LogP) is -0.310. The number of amides is 1. The molecule has 0 unspecified atom stereocenters. The molecule has 0 spiro atoms. The monoisotopic (exact) mass is 234 g/mol. The van der Waals surface area contributed by atoms with Crippen LogP contribution >= 0.6 is 12.2 Å². The Kier molecular flexibility index (Phi) is 4.47. The molecule has 14 heavy (non-hydrogen) atoms. The summed E-state index contributed by atoms with van der Waals surface area (Å²) < 4.78 is 11.0. The molecule has 3 N–H and O–H groups in total. The molecule has 0 aromatic heterocycles. The fraction of sp³-hybridized carbons (Fsp3) is 0.750. The number of carbonyl (C=O) groups is 1. The molecule has 1 aliphatic rings. The van der Waals surface area contributed by atoms with Gasteiger partial charge in [-0.05, 0) is 12.8 Å². The molecule has 4 nitrogen and oxygen atoms in total. The molecular formula is C8H14N2O2S2. The van der Waals surface area contributed by atoms with Gasteiger partial charge in [0.15, 0.2) is 0 Å². The molecule has 0 bridgehead atoms. The minimum atomic E-state index is -0.688. The molecule has 6 heteroatoms. The smallest absolute Gasteiger partial charge is 0.227 e. The van der Waals surface area contributed by atoms with Crippen molar-refractivity contribution in [3.63, 3.8) is 0 Å². The summed E-state index contributed by atoms with van der Waals surface area (Å²) in [5.41, 5.74) is 5.24. The highest BCUT2D eigenvalue weighted by Gasteiger charge is 2.19. The Morgan fingerprint density at radius 2 is 2.07 bits per heavy atom. The van der Waals surface area contributed by atoms with Crippen LogP contribution in [0.4, 0.5) is 0 Å². The lowest BCUT2D eigenvalue weighted by Gasteiger charge is -2.22. The molecule has 0 atom stereocenters. The lowest BCUT2D eigenvalue weighted by molar-refractivity contribution is -0.120. The summed E-state index contributed by atoms with van der Waals surface area (Å²) in [4.78, 5) is 11.5. The fourth-order valence-electron chi connectivity index (χ4n) is 1.38. The summed E-state index contributed by atoms with van der Waals surface area (Å²) in [6, 6.07) is 0.148.